The van der Waals surface area contributed by atoms with Crippen LogP contribution in [-0.2, 0) is 6.54 Å². The van der Waals surface area contributed by atoms with Crippen molar-refractivity contribution in [2.24, 2.45) is 0 Å². The lowest BCUT2D eigenvalue weighted by atomic mass is 10.2. The molecule has 2 rings (SSSR count). The molecular weight excluding hydrogens is 236 g/mol. The lowest BCUT2D eigenvalue weighted by molar-refractivity contribution is 0.495. The molecule has 102 valence electrons. The van der Waals surface area contributed by atoms with Gasteiger partial charge in [-0.3, -0.25) is 9.67 Å². The lowest BCUT2D eigenvalue weighted by Crippen LogP contribution is -2.22. The molecule has 0 aliphatic heterocycles. The van der Waals surface area contributed by atoms with Crippen molar-refractivity contribution in [3.63, 3.8) is 0 Å². The Hall–Kier alpha value is -1.68. The van der Waals surface area contributed by atoms with E-state index < -0.39 is 0 Å². The van der Waals surface area contributed by atoms with E-state index in [1.165, 1.54) is 5.69 Å². The summed E-state index contributed by atoms with van der Waals surface area (Å²) in [6, 6.07) is 8.43. The van der Waals surface area contributed by atoms with Gasteiger partial charge in [0.15, 0.2) is 0 Å². The van der Waals surface area contributed by atoms with Gasteiger partial charge in [-0.25, -0.2) is 0 Å². The Bertz CT molecular complexity index is 504. The maximum absolute atomic E-state index is 4.46. The summed E-state index contributed by atoms with van der Waals surface area (Å²) in [4.78, 5) is 4.35. The summed E-state index contributed by atoms with van der Waals surface area (Å²) in [5.41, 5.74) is 3.41. The van der Waals surface area contributed by atoms with Gasteiger partial charge >= 0.3 is 0 Å². The second kappa shape index (κ2) is 6.48. The second-order valence-corrected chi connectivity index (χ2v) is 4.93. The third-order valence-electron chi connectivity index (χ3n) is 3.23. The Morgan fingerprint density at radius 2 is 2.16 bits per heavy atom. The van der Waals surface area contributed by atoms with Crippen molar-refractivity contribution in [2.45, 2.75) is 39.8 Å². The zero-order chi connectivity index (χ0) is 13.7. The summed E-state index contributed by atoms with van der Waals surface area (Å²) in [5.74, 6) is 0. The van der Waals surface area contributed by atoms with Gasteiger partial charge in [0.25, 0.3) is 0 Å². The van der Waals surface area contributed by atoms with E-state index in [1.807, 2.05) is 25.3 Å². The SMILES string of the molecule is Cc1cc(C)n(CCCNC(C)c2ccccn2)n1. The topological polar surface area (TPSA) is 42.7 Å². The van der Waals surface area contributed by atoms with Crippen molar-refractivity contribution in [2.75, 3.05) is 6.54 Å². The van der Waals surface area contributed by atoms with Crippen LogP contribution in [0.15, 0.2) is 30.5 Å². The number of nitrogens with zero attached hydrogens (tertiary/aromatic N) is 3. The summed E-state index contributed by atoms with van der Waals surface area (Å²) in [5, 5.41) is 7.95. The maximum Gasteiger partial charge on any atom is 0.0596 e. The number of rotatable bonds is 6. The standard InChI is InChI=1S/C15H22N4/c1-12-11-13(2)19(18-12)10-6-9-16-14(3)15-7-4-5-8-17-15/h4-5,7-8,11,14,16H,6,9-10H2,1-3H3. The highest BCUT2D eigenvalue weighted by molar-refractivity contribution is 5.08. The van der Waals surface area contributed by atoms with Crippen LogP contribution in [0.2, 0.25) is 0 Å². The Morgan fingerprint density at radius 1 is 1.32 bits per heavy atom. The van der Waals surface area contributed by atoms with E-state index in [0.717, 1.165) is 30.9 Å². The molecule has 0 saturated carbocycles. The Labute approximate surface area is 114 Å². The molecule has 0 amide bonds. The van der Waals surface area contributed by atoms with E-state index in [-0.39, 0.29) is 0 Å². The van der Waals surface area contributed by atoms with Gasteiger partial charge in [-0.2, -0.15) is 5.10 Å². The Morgan fingerprint density at radius 3 is 2.79 bits per heavy atom. The molecule has 0 fully saturated rings. The average molecular weight is 258 g/mol. The fourth-order valence-corrected chi connectivity index (χ4v) is 2.19. The number of nitrogens with one attached hydrogen (secondary N) is 1. The summed E-state index contributed by atoms with van der Waals surface area (Å²) in [6.07, 6.45) is 2.91. The van der Waals surface area contributed by atoms with Crippen molar-refractivity contribution >= 4 is 0 Å². The van der Waals surface area contributed by atoms with Gasteiger partial charge in [0.05, 0.1) is 11.4 Å². The van der Waals surface area contributed by atoms with Gasteiger partial charge in [0.2, 0.25) is 0 Å². The van der Waals surface area contributed by atoms with Crippen LogP contribution in [0.3, 0.4) is 0 Å². The first kappa shape index (κ1) is 13.7. The minimum absolute atomic E-state index is 0.293. The minimum atomic E-state index is 0.293. The molecule has 2 aromatic rings. The van der Waals surface area contributed by atoms with Crippen LogP contribution >= 0.6 is 0 Å². The van der Waals surface area contributed by atoms with Gasteiger partial charge in [-0.1, -0.05) is 6.07 Å². The third-order valence-corrected chi connectivity index (χ3v) is 3.23. The average Bonchev–Trinajstić information content (AvgIpc) is 2.74. The number of pyridine rings is 1. The first-order valence-electron chi connectivity index (χ1n) is 6.82. The fourth-order valence-electron chi connectivity index (χ4n) is 2.19. The molecule has 2 aromatic heterocycles. The van der Waals surface area contributed by atoms with Gasteiger partial charge < -0.3 is 5.32 Å². The summed E-state index contributed by atoms with van der Waals surface area (Å²) >= 11 is 0. The summed E-state index contributed by atoms with van der Waals surface area (Å²) in [6.45, 7) is 8.21. The summed E-state index contributed by atoms with van der Waals surface area (Å²) < 4.78 is 2.07. The highest BCUT2D eigenvalue weighted by atomic mass is 15.3. The Kier molecular flexibility index (Phi) is 4.68. The molecule has 0 radical (unpaired) electrons. The van der Waals surface area contributed by atoms with Gasteiger partial charge in [0.1, 0.15) is 0 Å². The van der Waals surface area contributed by atoms with Crippen LogP contribution in [-0.4, -0.2) is 21.3 Å². The van der Waals surface area contributed by atoms with Crippen LogP contribution in [0.25, 0.3) is 0 Å². The largest absolute Gasteiger partial charge is 0.309 e. The van der Waals surface area contributed by atoms with Crippen molar-refractivity contribution in [1.29, 1.82) is 0 Å². The van der Waals surface area contributed by atoms with Crippen LogP contribution in [0.5, 0.6) is 0 Å². The number of hydrogen-bond acceptors (Lipinski definition) is 3. The maximum atomic E-state index is 4.46. The molecule has 0 aliphatic carbocycles. The van der Waals surface area contributed by atoms with Gasteiger partial charge in [-0.15, -0.1) is 0 Å². The fraction of sp³-hybridized carbons (Fsp3) is 0.467. The van der Waals surface area contributed by atoms with E-state index in [1.54, 1.807) is 0 Å². The van der Waals surface area contributed by atoms with Crippen molar-refractivity contribution in [3.05, 3.63) is 47.5 Å². The zero-order valence-electron chi connectivity index (χ0n) is 11.9. The molecule has 1 N–H and O–H groups in total. The quantitative estimate of drug-likeness (QED) is 0.810. The zero-order valence-corrected chi connectivity index (χ0v) is 11.9. The van der Waals surface area contributed by atoms with Gasteiger partial charge in [0, 0.05) is 24.5 Å². The van der Waals surface area contributed by atoms with Crippen LogP contribution in [0.1, 0.15) is 36.5 Å². The lowest BCUT2D eigenvalue weighted by Gasteiger charge is -2.13. The molecule has 0 aromatic carbocycles. The van der Waals surface area contributed by atoms with Crippen molar-refractivity contribution in [3.8, 4) is 0 Å². The predicted molar refractivity (Wildman–Crippen MR) is 77.0 cm³/mol. The van der Waals surface area contributed by atoms with Crippen LogP contribution < -0.4 is 5.32 Å². The number of aromatic nitrogens is 3. The van der Waals surface area contributed by atoms with Crippen molar-refractivity contribution < 1.29 is 0 Å². The highest BCUT2D eigenvalue weighted by Crippen LogP contribution is 2.08. The van der Waals surface area contributed by atoms with E-state index in [4.69, 9.17) is 0 Å². The van der Waals surface area contributed by atoms with Gasteiger partial charge in [-0.05, 0) is 51.9 Å². The Balaban J connectivity index is 1.74. The molecule has 4 nitrogen and oxygen atoms in total. The molecular formula is C15H22N4. The molecule has 1 unspecified atom stereocenters. The molecule has 19 heavy (non-hydrogen) atoms. The first-order chi connectivity index (χ1) is 9.16. The third kappa shape index (κ3) is 3.89. The molecule has 1 atom stereocenters. The van der Waals surface area contributed by atoms with E-state index in [9.17, 15) is 0 Å². The highest BCUT2D eigenvalue weighted by Gasteiger charge is 2.05. The molecule has 0 saturated heterocycles. The molecule has 0 bridgehead atoms. The van der Waals surface area contributed by atoms with E-state index in [0.29, 0.717) is 6.04 Å². The van der Waals surface area contributed by atoms with Crippen LogP contribution in [0, 0.1) is 13.8 Å². The number of aryl methyl sites for hydroxylation is 3. The minimum Gasteiger partial charge on any atom is -0.309 e. The monoisotopic (exact) mass is 258 g/mol. The normalized spacial score (nSPS) is 12.6. The van der Waals surface area contributed by atoms with E-state index in [2.05, 4.69) is 46.1 Å². The molecule has 0 aliphatic rings. The molecule has 0 spiro atoms. The second-order valence-electron chi connectivity index (χ2n) is 4.93. The van der Waals surface area contributed by atoms with Crippen molar-refractivity contribution in [1.82, 2.24) is 20.1 Å². The first-order valence-corrected chi connectivity index (χ1v) is 6.82. The smallest absolute Gasteiger partial charge is 0.0596 e. The molecule has 2 heterocycles. The van der Waals surface area contributed by atoms with Crippen LogP contribution in [0.4, 0.5) is 0 Å². The molecule has 4 heteroatoms. The predicted octanol–water partition coefficient (Wildman–Crippen LogP) is 2.64. The summed E-state index contributed by atoms with van der Waals surface area (Å²) in [7, 11) is 0. The number of hydrogen-bond donors (Lipinski definition) is 1. The van der Waals surface area contributed by atoms with E-state index >= 15 is 0 Å².